The largest absolute Gasteiger partial charge is 0.493 e. The van der Waals surface area contributed by atoms with Crippen LogP contribution in [0.4, 0.5) is 0 Å². The highest BCUT2D eigenvalue weighted by atomic mass is 16.5. The molecule has 118 valence electrons. The van der Waals surface area contributed by atoms with Gasteiger partial charge in [0.1, 0.15) is 0 Å². The lowest BCUT2D eigenvalue weighted by molar-refractivity contribution is -0.140. The van der Waals surface area contributed by atoms with E-state index in [1.807, 2.05) is 12.1 Å². The molecule has 0 saturated heterocycles. The molecule has 1 aromatic carbocycles. The van der Waals surface area contributed by atoms with Crippen LogP contribution >= 0.6 is 0 Å². The number of carbonyl (C=O) groups excluding carboxylic acids is 1. The Kier molecular flexibility index (Phi) is 6.81. The van der Waals surface area contributed by atoms with Crippen LogP contribution in [-0.2, 0) is 16.0 Å². The molecule has 1 unspecified atom stereocenters. The monoisotopic (exact) mass is 297 g/mol. The fraction of sp³-hybridized carbons (Fsp3) is 0.533. The molecule has 1 aromatic rings. The van der Waals surface area contributed by atoms with Gasteiger partial charge in [0, 0.05) is 12.5 Å². The molecule has 0 fully saturated rings. The van der Waals surface area contributed by atoms with Crippen molar-refractivity contribution < 1.29 is 23.7 Å². The lowest BCUT2D eigenvalue weighted by Crippen LogP contribution is -2.24. The second kappa shape index (κ2) is 8.36. The summed E-state index contributed by atoms with van der Waals surface area (Å²) in [5.41, 5.74) is 7.00. The summed E-state index contributed by atoms with van der Waals surface area (Å²) >= 11 is 0. The summed E-state index contributed by atoms with van der Waals surface area (Å²) in [6.45, 7) is 0. The highest BCUT2D eigenvalue weighted by Crippen LogP contribution is 2.38. The fourth-order valence-electron chi connectivity index (χ4n) is 2.06. The molecule has 1 rings (SSSR count). The smallest absolute Gasteiger partial charge is 0.305 e. The highest BCUT2D eigenvalue weighted by Gasteiger charge is 2.15. The minimum Gasteiger partial charge on any atom is -0.493 e. The van der Waals surface area contributed by atoms with Gasteiger partial charge in [-0.25, -0.2) is 0 Å². The SMILES string of the molecule is COC(=O)CCC(N)Cc1cc(OC)c(OC)c(OC)c1. The molecule has 0 amide bonds. The first-order chi connectivity index (χ1) is 10.0. The summed E-state index contributed by atoms with van der Waals surface area (Å²) in [7, 11) is 6.06. The van der Waals surface area contributed by atoms with Gasteiger partial charge in [-0.2, -0.15) is 0 Å². The minimum absolute atomic E-state index is 0.146. The van der Waals surface area contributed by atoms with Crippen LogP contribution in [0.3, 0.4) is 0 Å². The Morgan fingerprint density at radius 2 is 1.67 bits per heavy atom. The van der Waals surface area contributed by atoms with Crippen LogP contribution in [0.5, 0.6) is 17.2 Å². The maximum Gasteiger partial charge on any atom is 0.305 e. The Morgan fingerprint density at radius 3 is 2.10 bits per heavy atom. The van der Waals surface area contributed by atoms with Crippen molar-refractivity contribution in [2.75, 3.05) is 28.4 Å². The van der Waals surface area contributed by atoms with Gasteiger partial charge < -0.3 is 24.7 Å². The van der Waals surface area contributed by atoms with Gasteiger partial charge in [0.15, 0.2) is 11.5 Å². The van der Waals surface area contributed by atoms with Crippen LogP contribution in [0.1, 0.15) is 18.4 Å². The molecule has 0 aliphatic heterocycles. The van der Waals surface area contributed by atoms with Crippen LogP contribution in [-0.4, -0.2) is 40.5 Å². The standard InChI is InChI=1S/C15H23NO5/c1-18-12-8-10(9-13(19-2)15(12)21-4)7-11(16)5-6-14(17)20-3/h8-9,11H,5-7,16H2,1-4H3. The van der Waals surface area contributed by atoms with Crippen molar-refractivity contribution in [3.8, 4) is 17.2 Å². The van der Waals surface area contributed by atoms with Crippen molar-refractivity contribution in [3.63, 3.8) is 0 Å². The molecule has 21 heavy (non-hydrogen) atoms. The van der Waals surface area contributed by atoms with Gasteiger partial charge in [-0.15, -0.1) is 0 Å². The summed E-state index contributed by atoms with van der Waals surface area (Å²) in [6, 6.07) is 3.57. The number of nitrogens with two attached hydrogens (primary N) is 1. The molecule has 0 radical (unpaired) electrons. The van der Waals surface area contributed by atoms with Gasteiger partial charge in [-0.3, -0.25) is 4.79 Å². The molecule has 6 heteroatoms. The van der Waals surface area contributed by atoms with Crippen molar-refractivity contribution >= 4 is 5.97 Å². The molecule has 0 saturated carbocycles. The topological polar surface area (TPSA) is 80.0 Å². The van der Waals surface area contributed by atoms with E-state index >= 15 is 0 Å². The van der Waals surface area contributed by atoms with E-state index in [-0.39, 0.29) is 12.0 Å². The molecule has 6 nitrogen and oxygen atoms in total. The number of ether oxygens (including phenoxy) is 4. The second-order valence-electron chi connectivity index (χ2n) is 4.61. The molecule has 0 aromatic heterocycles. The number of hydrogen-bond acceptors (Lipinski definition) is 6. The van der Waals surface area contributed by atoms with Crippen LogP contribution in [0.25, 0.3) is 0 Å². The molecule has 0 aliphatic rings. The van der Waals surface area contributed by atoms with Crippen LogP contribution in [0.15, 0.2) is 12.1 Å². The Balaban J connectivity index is 2.81. The zero-order valence-electron chi connectivity index (χ0n) is 13.0. The van der Waals surface area contributed by atoms with Gasteiger partial charge in [0.25, 0.3) is 0 Å². The summed E-state index contributed by atoms with van der Waals surface area (Å²) in [4.78, 5) is 11.1. The third kappa shape index (κ3) is 4.82. The summed E-state index contributed by atoms with van der Waals surface area (Å²) in [5, 5.41) is 0. The van der Waals surface area contributed by atoms with E-state index in [2.05, 4.69) is 4.74 Å². The first-order valence-electron chi connectivity index (χ1n) is 6.67. The average molecular weight is 297 g/mol. The van der Waals surface area contributed by atoms with E-state index in [9.17, 15) is 4.79 Å². The predicted octanol–water partition coefficient (Wildman–Crippen LogP) is 1.54. The molecular formula is C15H23NO5. The summed E-state index contributed by atoms with van der Waals surface area (Å²) in [5.74, 6) is 1.47. The first-order valence-corrected chi connectivity index (χ1v) is 6.67. The van der Waals surface area contributed by atoms with Crippen molar-refractivity contribution in [3.05, 3.63) is 17.7 Å². The molecular weight excluding hydrogens is 274 g/mol. The van der Waals surface area contributed by atoms with Crippen LogP contribution < -0.4 is 19.9 Å². The Hall–Kier alpha value is -1.95. The first kappa shape index (κ1) is 17.1. The van der Waals surface area contributed by atoms with Gasteiger partial charge in [-0.1, -0.05) is 0 Å². The molecule has 0 bridgehead atoms. The lowest BCUT2D eigenvalue weighted by Gasteiger charge is -2.16. The third-order valence-electron chi connectivity index (χ3n) is 3.17. The Morgan fingerprint density at radius 1 is 1.10 bits per heavy atom. The molecule has 0 spiro atoms. The Labute approximate surface area is 125 Å². The van der Waals surface area contributed by atoms with E-state index in [1.54, 1.807) is 21.3 Å². The number of carbonyl (C=O) groups is 1. The highest BCUT2D eigenvalue weighted by molar-refractivity contribution is 5.69. The van der Waals surface area contributed by atoms with Gasteiger partial charge in [0.2, 0.25) is 5.75 Å². The zero-order valence-corrected chi connectivity index (χ0v) is 13.0. The number of benzene rings is 1. The summed E-state index contributed by atoms with van der Waals surface area (Å²) in [6.07, 6.45) is 1.47. The maximum absolute atomic E-state index is 11.1. The van der Waals surface area contributed by atoms with Crippen molar-refractivity contribution in [1.29, 1.82) is 0 Å². The molecule has 0 heterocycles. The third-order valence-corrected chi connectivity index (χ3v) is 3.17. The fourth-order valence-corrected chi connectivity index (χ4v) is 2.06. The Bertz CT molecular complexity index is 450. The van der Waals surface area contributed by atoms with Gasteiger partial charge >= 0.3 is 5.97 Å². The van der Waals surface area contributed by atoms with E-state index in [0.717, 1.165) is 5.56 Å². The molecule has 2 N–H and O–H groups in total. The van der Waals surface area contributed by atoms with Crippen molar-refractivity contribution in [2.24, 2.45) is 5.73 Å². The number of methoxy groups -OCH3 is 4. The zero-order chi connectivity index (χ0) is 15.8. The van der Waals surface area contributed by atoms with Crippen LogP contribution in [0, 0.1) is 0 Å². The number of esters is 1. The van der Waals surface area contributed by atoms with Gasteiger partial charge in [0.05, 0.1) is 28.4 Å². The van der Waals surface area contributed by atoms with Crippen molar-refractivity contribution in [2.45, 2.75) is 25.3 Å². The average Bonchev–Trinajstić information content (AvgIpc) is 2.51. The van der Waals surface area contributed by atoms with E-state index in [4.69, 9.17) is 19.9 Å². The second-order valence-corrected chi connectivity index (χ2v) is 4.61. The molecule has 1 atom stereocenters. The normalized spacial score (nSPS) is 11.7. The maximum atomic E-state index is 11.1. The molecule has 0 aliphatic carbocycles. The number of rotatable bonds is 8. The van der Waals surface area contributed by atoms with Gasteiger partial charge in [-0.05, 0) is 30.5 Å². The van der Waals surface area contributed by atoms with Crippen molar-refractivity contribution in [1.82, 2.24) is 0 Å². The van der Waals surface area contributed by atoms with Crippen LogP contribution in [0.2, 0.25) is 0 Å². The lowest BCUT2D eigenvalue weighted by atomic mass is 10.0. The predicted molar refractivity (Wildman–Crippen MR) is 79.0 cm³/mol. The summed E-state index contributed by atoms with van der Waals surface area (Å²) < 4.78 is 20.5. The van der Waals surface area contributed by atoms with E-state index in [0.29, 0.717) is 36.5 Å². The van der Waals surface area contributed by atoms with E-state index in [1.165, 1.54) is 7.11 Å². The number of hydrogen-bond donors (Lipinski definition) is 1. The minimum atomic E-state index is -0.254. The van der Waals surface area contributed by atoms with E-state index < -0.39 is 0 Å². The quantitative estimate of drug-likeness (QED) is 0.733.